The van der Waals surface area contributed by atoms with Crippen molar-refractivity contribution in [2.75, 3.05) is 0 Å². The van der Waals surface area contributed by atoms with Gasteiger partial charge >= 0.3 is 0 Å². The number of para-hydroxylation sites is 2. The number of hydrogen-bond acceptors (Lipinski definition) is 0. The van der Waals surface area contributed by atoms with Crippen LogP contribution < -0.4 is 0 Å². The van der Waals surface area contributed by atoms with Crippen LogP contribution >= 0.6 is 0 Å². The van der Waals surface area contributed by atoms with Crippen molar-refractivity contribution in [3.05, 3.63) is 164 Å². The van der Waals surface area contributed by atoms with Crippen molar-refractivity contribution in [3.63, 3.8) is 0 Å². The number of benzene rings is 7. The number of H-pyrrole nitrogens is 1. The lowest BCUT2D eigenvalue weighted by Gasteiger charge is -2.09. The summed E-state index contributed by atoms with van der Waals surface area (Å²) in [5.41, 5.74) is 13.3. The molecule has 0 aliphatic rings. The van der Waals surface area contributed by atoms with Crippen molar-refractivity contribution in [2.24, 2.45) is 0 Å². The first-order valence-corrected chi connectivity index (χ1v) is 15.1. The molecule has 2 heterocycles. The summed E-state index contributed by atoms with van der Waals surface area (Å²) >= 11 is 0. The van der Waals surface area contributed by atoms with Crippen LogP contribution in [0.2, 0.25) is 0 Å². The Morgan fingerprint density at radius 3 is 1.27 bits per heavy atom. The van der Waals surface area contributed by atoms with Crippen molar-refractivity contribution in [3.8, 4) is 39.1 Å². The van der Waals surface area contributed by atoms with Gasteiger partial charge < -0.3 is 9.55 Å². The summed E-state index contributed by atoms with van der Waals surface area (Å²) in [5, 5.41) is 5.05. The maximum atomic E-state index is 3.62. The van der Waals surface area contributed by atoms with Gasteiger partial charge in [0.25, 0.3) is 0 Å². The van der Waals surface area contributed by atoms with Crippen LogP contribution in [-0.4, -0.2) is 9.55 Å². The van der Waals surface area contributed by atoms with Gasteiger partial charge in [-0.3, -0.25) is 0 Å². The zero-order chi connectivity index (χ0) is 29.0. The van der Waals surface area contributed by atoms with E-state index in [2.05, 4.69) is 173 Å². The first kappa shape index (κ1) is 24.7. The molecule has 0 saturated carbocycles. The fourth-order valence-corrected chi connectivity index (χ4v) is 6.75. The van der Waals surface area contributed by atoms with Crippen LogP contribution in [0.1, 0.15) is 0 Å². The standard InChI is InChI=1S/C42H28N2/c1-2-8-28(9-3-1)29-14-16-30(17-15-29)32-20-24-39-37(26-32)38-27-33(21-25-40(38)43-39)31-18-22-34(23-19-31)44-41-12-6-4-10-35(41)36-11-5-7-13-42(36)44/h1-27,43H. The van der Waals surface area contributed by atoms with Gasteiger partial charge in [-0.05, 0) is 81.9 Å². The van der Waals surface area contributed by atoms with Crippen molar-refractivity contribution in [1.82, 2.24) is 9.55 Å². The zero-order valence-corrected chi connectivity index (χ0v) is 24.0. The molecule has 0 aliphatic carbocycles. The van der Waals surface area contributed by atoms with E-state index in [1.807, 2.05) is 0 Å². The Bertz CT molecular complexity index is 2410. The SMILES string of the molecule is c1ccc(-c2ccc(-c3ccc4[nH]c5ccc(-c6ccc(-n7c8ccccc8c8ccccc87)cc6)cc5c4c3)cc2)cc1. The topological polar surface area (TPSA) is 20.7 Å². The largest absolute Gasteiger partial charge is 0.355 e. The minimum absolute atomic E-state index is 1.15. The molecule has 0 amide bonds. The molecule has 0 saturated heterocycles. The molecular weight excluding hydrogens is 532 g/mol. The molecule has 9 rings (SSSR count). The molecule has 2 nitrogen and oxygen atoms in total. The van der Waals surface area contributed by atoms with Gasteiger partial charge in [0.1, 0.15) is 0 Å². The average molecular weight is 561 g/mol. The van der Waals surface area contributed by atoms with E-state index in [0.29, 0.717) is 0 Å². The lowest BCUT2D eigenvalue weighted by atomic mass is 9.98. The van der Waals surface area contributed by atoms with E-state index in [9.17, 15) is 0 Å². The van der Waals surface area contributed by atoms with E-state index in [-0.39, 0.29) is 0 Å². The highest BCUT2D eigenvalue weighted by molar-refractivity contribution is 6.10. The van der Waals surface area contributed by atoms with E-state index in [1.54, 1.807) is 0 Å². The number of hydrogen-bond donors (Lipinski definition) is 1. The zero-order valence-electron chi connectivity index (χ0n) is 24.0. The van der Waals surface area contributed by atoms with Crippen LogP contribution in [0.5, 0.6) is 0 Å². The van der Waals surface area contributed by atoms with Crippen LogP contribution in [0.4, 0.5) is 0 Å². The Kier molecular flexibility index (Phi) is 5.54. The third-order valence-corrected chi connectivity index (χ3v) is 8.96. The third kappa shape index (κ3) is 3.96. The molecule has 2 heteroatoms. The molecule has 0 spiro atoms. The van der Waals surface area contributed by atoms with Crippen LogP contribution in [0.15, 0.2) is 164 Å². The first-order valence-electron chi connectivity index (χ1n) is 15.1. The smallest absolute Gasteiger partial charge is 0.0541 e. The molecule has 0 bridgehead atoms. The fourth-order valence-electron chi connectivity index (χ4n) is 6.75. The van der Waals surface area contributed by atoms with Gasteiger partial charge in [0, 0.05) is 38.3 Å². The third-order valence-electron chi connectivity index (χ3n) is 8.96. The number of rotatable bonds is 4. The normalized spacial score (nSPS) is 11.6. The molecule has 7 aromatic carbocycles. The highest BCUT2D eigenvalue weighted by Crippen LogP contribution is 2.35. The van der Waals surface area contributed by atoms with Crippen LogP contribution in [0.25, 0.3) is 82.7 Å². The molecule has 1 N–H and O–H groups in total. The quantitative estimate of drug-likeness (QED) is 0.221. The second-order valence-corrected chi connectivity index (χ2v) is 11.5. The lowest BCUT2D eigenvalue weighted by molar-refractivity contribution is 1.18. The molecule has 0 fully saturated rings. The second-order valence-electron chi connectivity index (χ2n) is 11.5. The van der Waals surface area contributed by atoms with Gasteiger partial charge in [-0.15, -0.1) is 0 Å². The first-order chi connectivity index (χ1) is 21.8. The van der Waals surface area contributed by atoms with E-state index in [0.717, 1.165) is 11.0 Å². The van der Waals surface area contributed by atoms with E-state index < -0.39 is 0 Å². The highest BCUT2D eigenvalue weighted by Gasteiger charge is 2.12. The number of aromatic amines is 1. The van der Waals surface area contributed by atoms with Gasteiger partial charge in [-0.1, -0.05) is 115 Å². The van der Waals surface area contributed by atoms with Gasteiger partial charge in [-0.25, -0.2) is 0 Å². The summed E-state index contributed by atoms with van der Waals surface area (Å²) < 4.78 is 2.37. The molecule has 2 aromatic heterocycles. The maximum absolute atomic E-state index is 3.62. The van der Waals surface area contributed by atoms with Gasteiger partial charge in [0.2, 0.25) is 0 Å². The average Bonchev–Trinajstić information content (AvgIpc) is 3.64. The number of nitrogens with one attached hydrogen (secondary N) is 1. The Balaban J connectivity index is 1.09. The van der Waals surface area contributed by atoms with Crippen molar-refractivity contribution < 1.29 is 0 Å². The minimum Gasteiger partial charge on any atom is -0.355 e. The molecule has 0 aliphatic heterocycles. The summed E-state index contributed by atoms with van der Waals surface area (Å²) in [4.78, 5) is 3.62. The second kappa shape index (κ2) is 9.86. The van der Waals surface area contributed by atoms with E-state index in [1.165, 1.54) is 71.6 Å². The molecule has 0 unspecified atom stereocenters. The number of aromatic nitrogens is 2. The Labute approximate surface area is 255 Å². The van der Waals surface area contributed by atoms with Crippen molar-refractivity contribution in [1.29, 1.82) is 0 Å². The lowest BCUT2D eigenvalue weighted by Crippen LogP contribution is -1.93. The maximum Gasteiger partial charge on any atom is 0.0541 e. The van der Waals surface area contributed by atoms with Crippen LogP contribution in [0.3, 0.4) is 0 Å². The van der Waals surface area contributed by atoms with Gasteiger partial charge in [-0.2, -0.15) is 0 Å². The Morgan fingerprint density at radius 2 is 0.727 bits per heavy atom. The minimum atomic E-state index is 1.15. The predicted molar refractivity (Wildman–Crippen MR) is 186 cm³/mol. The summed E-state index contributed by atoms with van der Waals surface area (Å²) in [5.74, 6) is 0. The monoisotopic (exact) mass is 560 g/mol. The molecule has 206 valence electrons. The summed E-state index contributed by atoms with van der Waals surface area (Å²) in [6.45, 7) is 0. The summed E-state index contributed by atoms with van der Waals surface area (Å²) in [6, 6.07) is 59.2. The van der Waals surface area contributed by atoms with Crippen LogP contribution in [-0.2, 0) is 0 Å². The fraction of sp³-hybridized carbons (Fsp3) is 0. The van der Waals surface area contributed by atoms with Crippen molar-refractivity contribution in [2.45, 2.75) is 0 Å². The highest BCUT2D eigenvalue weighted by atomic mass is 15.0. The van der Waals surface area contributed by atoms with Gasteiger partial charge in [0.15, 0.2) is 0 Å². The predicted octanol–water partition coefficient (Wildman–Crippen LogP) is 11.4. The summed E-state index contributed by atoms with van der Waals surface area (Å²) in [7, 11) is 0. The molecular formula is C42H28N2. The number of nitrogens with zero attached hydrogens (tertiary/aromatic N) is 1. The number of fused-ring (bicyclic) bond motifs is 6. The molecule has 0 atom stereocenters. The van der Waals surface area contributed by atoms with Crippen molar-refractivity contribution >= 4 is 43.6 Å². The Morgan fingerprint density at radius 1 is 0.318 bits per heavy atom. The molecule has 0 radical (unpaired) electrons. The summed E-state index contributed by atoms with van der Waals surface area (Å²) in [6.07, 6.45) is 0. The van der Waals surface area contributed by atoms with Crippen LogP contribution in [0, 0.1) is 0 Å². The van der Waals surface area contributed by atoms with Gasteiger partial charge in [0.05, 0.1) is 11.0 Å². The van der Waals surface area contributed by atoms with E-state index >= 15 is 0 Å². The van der Waals surface area contributed by atoms with E-state index in [4.69, 9.17) is 0 Å². The Hall–Kier alpha value is -5.86. The molecule has 44 heavy (non-hydrogen) atoms. The molecule has 9 aromatic rings.